The monoisotopic (exact) mass is 249 g/mol. The first kappa shape index (κ1) is 12.0. The Balaban J connectivity index is 2.10. The van der Waals surface area contributed by atoms with E-state index >= 15 is 0 Å². The fourth-order valence-electron chi connectivity index (χ4n) is 1.38. The molecule has 5 heteroatoms. The van der Waals surface area contributed by atoms with Crippen LogP contribution in [0.3, 0.4) is 0 Å². The number of nitrogens with one attached hydrogen (secondary N) is 1. The number of imidazole rings is 1. The summed E-state index contributed by atoms with van der Waals surface area (Å²) in [4.78, 5) is 23.0. The van der Waals surface area contributed by atoms with E-state index in [0.717, 1.165) is 10.7 Å². The normalized spacial score (nSPS) is 11.7. The van der Waals surface area contributed by atoms with Gasteiger partial charge in [-0.1, -0.05) is 20.8 Å². The van der Waals surface area contributed by atoms with Crippen molar-refractivity contribution >= 4 is 17.1 Å². The van der Waals surface area contributed by atoms with E-state index < -0.39 is 0 Å². The van der Waals surface area contributed by atoms with Crippen molar-refractivity contribution < 1.29 is 4.79 Å². The zero-order valence-corrected chi connectivity index (χ0v) is 11.0. The van der Waals surface area contributed by atoms with Gasteiger partial charge in [0.05, 0.1) is 12.1 Å². The average Bonchev–Trinajstić information content (AvgIpc) is 2.85. The van der Waals surface area contributed by atoms with Crippen molar-refractivity contribution in [3.63, 3.8) is 0 Å². The minimum Gasteiger partial charge on any atom is -0.342 e. The Labute approximate surface area is 104 Å². The second-order valence-electron chi connectivity index (χ2n) is 4.91. The molecule has 0 aliphatic rings. The molecule has 4 nitrogen and oxygen atoms in total. The average molecular weight is 249 g/mol. The van der Waals surface area contributed by atoms with Crippen LogP contribution in [0.4, 0.5) is 0 Å². The van der Waals surface area contributed by atoms with Gasteiger partial charge >= 0.3 is 0 Å². The molecule has 0 saturated carbocycles. The van der Waals surface area contributed by atoms with Crippen LogP contribution in [0.1, 0.15) is 42.1 Å². The standard InChI is InChI=1S/C12H15N3OS/c1-12(2,3)9-7-17-10(15-9)6-8(16)11-13-4-5-14-11/h4-5,7H,6H2,1-3H3,(H,13,14). The molecule has 2 rings (SSSR count). The molecule has 0 aliphatic heterocycles. The molecular formula is C12H15N3OS. The lowest BCUT2D eigenvalue weighted by Gasteiger charge is -2.14. The predicted molar refractivity (Wildman–Crippen MR) is 67.4 cm³/mol. The minimum absolute atomic E-state index is 0.0233. The first-order valence-electron chi connectivity index (χ1n) is 5.44. The Morgan fingerprint density at radius 3 is 2.76 bits per heavy atom. The van der Waals surface area contributed by atoms with E-state index in [4.69, 9.17) is 0 Å². The van der Waals surface area contributed by atoms with Crippen molar-refractivity contribution in [2.45, 2.75) is 32.6 Å². The van der Waals surface area contributed by atoms with E-state index in [2.05, 4.69) is 35.7 Å². The van der Waals surface area contributed by atoms with Crippen molar-refractivity contribution in [2.75, 3.05) is 0 Å². The summed E-state index contributed by atoms with van der Waals surface area (Å²) >= 11 is 1.53. The molecule has 2 heterocycles. The van der Waals surface area contributed by atoms with Crippen LogP contribution in [-0.2, 0) is 11.8 Å². The first-order valence-corrected chi connectivity index (χ1v) is 6.32. The highest BCUT2D eigenvalue weighted by Crippen LogP contribution is 2.24. The maximum absolute atomic E-state index is 11.8. The molecule has 2 aromatic rings. The molecule has 2 aromatic heterocycles. The van der Waals surface area contributed by atoms with Crippen molar-refractivity contribution in [1.82, 2.24) is 15.0 Å². The first-order chi connectivity index (χ1) is 7.97. The molecule has 0 amide bonds. The molecule has 0 radical (unpaired) electrons. The van der Waals surface area contributed by atoms with Gasteiger partial charge in [-0.2, -0.15) is 0 Å². The molecule has 1 N–H and O–H groups in total. The van der Waals surface area contributed by atoms with Crippen LogP contribution in [0.2, 0.25) is 0 Å². The van der Waals surface area contributed by atoms with E-state index in [1.165, 1.54) is 11.3 Å². The molecule has 90 valence electrons. The number of ketones is 1. The summed E-state index contributed by atoms with van der Waals surface area (Å²) in [7, 11) is 0. The van der Waals surface area contributed by atoms with E-state index in [0.29, 0.717) is 12.2 Å². The van der Waals surface area contributed by atoms with Crippen LogP contribution in [0.15, 0.2) is 17.8 Å². The SMILES string of the molecule is CC(C)(C)c1csc(CC(=O)c2ncc[nH]2)n1. The van der Waals surface area contributed by atoms with Gasteiger partial charge in [-0.25, -0.2) is 9.97 Å². The third kappa shape index (κ3) is 2.79. The second kappa shape index (κ2) is 4.41. The van der Waals surface area contributed by atoms with Crippen molar-refractivity contribution in [1.29, 1.82) is 0 Å². The second-order valence-corrected chi connectivity index (χ2v) is 5.86. The van der Waals surface area contributed by atoms with Gasteiger partial charge in [0.1, 0.15) is 5.01 Å². The van der Waals surface area contributed by atoms with Gasteiger partial charge in [0.25, 0.3) is 0 Å². The van der Waals surface area contributed by atoms with Crippen LogP contribution >= 0.6 is 11.3 Å². The largest absolute Gasteiger partial charge is 0.342 e. The number of aromatic amines is 1. The van der Waals surface area contributed by atoms with Gasteiger partial charge in [0.2, 0.25) is 5.78 Å². The molecule has 0 aromatic carbocycles. The van der Waals surface area contributed by atoms with E-state index in [1.807, 2.05) is 5.38 Å². The number of nitrogens with zero attached hydrogens (tertiary/aromatic N) is 2. The highest BCUT2D eigenvalue weighted by molar-refractivity contribution is 7.09. The van der Waals surface area contributed by atoms with Gasteiger partial charge in [0, 0.05) is 23.2 Å². The lowest BCUT2D eigenvalue weighted by molar-refractivity contribution is 0.0984. The van der Waals surface area contributed by atoms with E-state index in [1.54, 1.807) is 12.4 Å². The predicted octanol–water partition coefficient (Wildman–Crippen LogP) is 2.59. The number of thiazole rings is 1. The fourth-order valence-corrected chi connectivity index (χ4v) is 2.39. The summed E-state index contributed by atoms with van der Waals surface area (Å²) in [5.41, 5.74) is 1.06. The number of aromatic nitrogens is 3. The van der Waals surface area contributed by atoms with Gasteiger partial charge in [-0.05, 0) is 0 Å². The lowest BCUT2D eigenvalue weighted by Crippen LogP contribution is -2.12. The summed E-state index contributed by atoms with van der Waals surface area (Å²) in [5, 5.41) is 2.86. The smallest absolute Gasteiger partial charge is 0.204 e. The van der Waals surface area contributed by atoms with Crippen LogP contribution < -0.4 is 0 Å². The van der Waals surface area contributed by atoms with E-state index in [-0.39, 0.29) is 11.2 Å². The molecule has 0 aliphatic carbocycles. The lowest BCUT2D eigenvalue weighted by atomic mass is 9.93. The maximum Gasteiger partial charge on any atom is 0.204 e. The van der Waals surface area contributed by atoms with Crippen LogP contribution in [0.5, 0.6) is 0 Å². The number of Topliss-reactive ketones (excluding diaryl/α,β-unsaturated/α-hetero) is 1. The summed E-state index contributed by atoms with van der Waals surface area (Å²) < 4.78 is 0. The molecule has 0 spiro atoms. The van der Waals surface area contributed by atoms with Gasteiger partial charge in [-0.3, -0.25) is 4.79 Å². The number of hydrogen-bond donors (Lipinski definition) is 1. The van der Waals surface area contributed by atoms with Crippen molar-refractivity contribution in [2.24, 2.45) is 0 Å². The quantitative estimate of drug-likeness (QED) is 0.851. The molecule has 0 fully saturated rings. The summed E-state index contributed by atoms with van der Waals surface area (Å²) in [5.74, 6) is 0.377. The number of H-pyrrole nitrogens is 1. The van der Waals surface area contributed by atoms with Gasteiger partial charge in [-0.15, -0.1) is 11.3 Å². The van der Waals surface area contributed by atoms with Gasteiger partial charge in [0.15, 0.2) is 5.82 Å². The topological polar surface area (TPSA) is 58.6 Å². The third-order valence-electron chi connectivity index (χ3n) is 2.39. The zero-order chi connectivity index (χ0) is 12.5. The number of carbonyl (C=O) groups excluding carboxylic acids is 1. The number of hydrogen-bond acceptors (Lipinski definition) is 4. The summed E-state index contributed by atoms with van der Waals surface area (Å²) in [6.45, 7) is 6.33. The Morgan fingerprint density at radius 1 is 1.47 bits per heavy atom. The van der Waals surface area contributed by atoms with Crippen LogP contribution in [0.25, 0.3) is 0 Å². The number of carbonyl (C=O) groups is 1. The maximum atomic E-state index is 11.8. The van der Waals surface area contributed by atoms with Gasteiger partial charge < -0.3 is 4.98 Å². The molecule has 0 unspecified atom stereocenters. The summed E-state index contributed by atoms with van der Waals surface area (Å²) in [6, 6.07) is 0. The molecule has 17 heavy (non-hydrogen) atoms. The molecule has 0 saturated heterocycles. The molecular weight excluding hydrogens is 234 g/mol. The zero-order valence-electron chi connectivity index (χ0n) is 10.2. The molecule has 0 bridgehead atoms. The highest BCUT2D eigenvalue weighted by Gasteiger charge is 2.19. The minimum atomic E-state index is -0.0233. The third-order valence-corrected chi connectivity index (χ3v) is 3.24. The van der Waals surface area contributed by atoms with Crippen molar-refractivity contribution in [3.05, 3.63) is 34.3 Å². The van der Waals surface area contributed by atoms with Crippen molar-refractivity contribution in [3.8, 4) is 0 Å². The molecule has 0 atom stereocenters. The Bertz CT molecular complexity index is 508. The van der Waals surface area contributed by atoms with Crippen LogP contribution in [-0.4, -0.2) is 20.7 Å². The van der Waals surface area contributed by atoms with E-state index in [9.17, 15) is 4.79 Å². The number of rotatable bonds is 3. The summed E-state index contributed by atoms with van der Waals surface area (Å²) in [6.07, 6.45) is 3.54. The Morgan fingerprint density at radius 2 is 2.24 bits per heavy atom. The highest BCUT2D eigenvalue weighted by atomic mass is 32.1. The van der Waals surface area contributed by atoms with Crippen LogP contribution in [0, 0.1) is 0 Å². The Kier molecular flexibility index (Phi) is 3.11. The Hall–Kier alpha value is -1.49. The fraction of sp³-hybridized carbons (Fsp3) is 0.417.